The number of nitrogens with zero attached hydrogens (tertiary/aromatic N) is 1. The molecule has 0 unspecified atom stereocenters. The summed E-state index contributed by atoms with van der Waals surface area (Å²) in [6, 6.07) is 0. The minimum absolute atomic E-state index is 0.258. The number of hydrogen-bond acceptors (Lipinski definition) is 5. The Labute approximate surface area is 103 Å². The van der Waals surface area contributed by atoms with Gasteiger partial charge in [0.2, 0.25) is 0 Å². The molecule has 0 aromatic heterocycles. The van der Waals surface area contributed by atoms with Crippen LogP contribution in [0.4, 0.5) is 0 Å². The van der Waals surface area contributed by atoms with Gasteiger partial charge >= 0.3 is 5.97 Å². The van der Waals surface area contributed by atoms with Gasteiger partial charge < -0.3 is 13.8 Å². The molecular weight excluding hydrogens is 246 g/mol. The Kier molecular flexibility index (Phi) is 8.91. The minimum Gasteiger partial charge on any atom is -0.748 e. The topological polar surface area (TPSA) is 83.5 Å². The van der Waals surface area contributed by atoms with Crippen LogP contribution in [0.5, 0.6) is 0 Å². The van der Waals surface area contributed by atoms with Gasteiger partial charge in [0.25, 0.3) is 0 Å². The Morgan fingerprint density at radius 2 is 1.76 bits per heavy atom. The second-order valence-electron chi connectivity index (χ2n) is 4.39. The summed E-state index contributed by atoms with van der Waals surface area (Å²) in [6.45, 7) is 3.11. The normalized spacial score (nSPS) is 11.9. The van der Waals surface area contributed by atoms with Gasteiger partial charge in [0.1, 0.15) is 13.2 Å². The van der Waals surface area contributed by atoms with Gasteiger partial charge in [0.15, 0.2) is 0 Å². The van der Waals surface area contributed by atoms with Crippen LogP contribution in [0, 0.1) is 0 Å². The molecule has 0 aliphatic heterocycles. The van der Waals surface area contributed by atoms with Crippen LogP contribution in [-0.4, -0.2) is 64.0 Å². The molecule has 0 aliphatic carbocycles. The van der Waals surface area contributed by atoms with Gasteiger partial charge in [-0.1, -0.05) is 6.08 Å². The third-order valence-corrected chi connectivity index (χ3v) is 1.31. The van der Waals surface area contributed by atoms with Crippen molar-refractivity contribution in [2.24, 2.45) is 0 Å². The van der Waals surface area contributed by atoms with E-state index in [0.717, 1.165) is 11.0 Å². The lowest BCUT2D eigenvalue weighted by Crippen LogP contribution is -2.37. The quantitative estimate of drug-likeness (QED) is 0.309. The van der Waals surface area contributed by atoms with E-state index in [0.29, 0.717) is 12.9 Å². The van der Waals surface area contributed by atoms with Crippen molar-refractivity contribution in [2.75, 3.05) is 40.6 Å². The van der Waals surface area contributed by atoms with E-state index in [9.17, 15) is 4.79 Å². The lowest BCUT2D eigenvalue weighted by atomic mass is 10.5. The van der Waals surface area contributed by atoms with Crippen molar-refractivity contribution in [3.63, 3.8) is 0 Å². The molecule has 0 amide bonds. The van der Waals surface area contributed by atoms with Crippen LogP contribution < -0.4 is 0 Å². The summed E-state index contributed by atoms with van der Waals surface area (Å²) in [7, 11) is 2.26. The molecule has 0 heterocycles. The van der Waals surface area contributed by atoms with Crippen molar-refractivity contribution < 1.29 is 27.0 Å². The van der Waals surface area contributed by atoms with E-state index in [1.165, 1.54) is 6.08 Å². The Morgan fingerprint density at radius 3 is 2.06 bits per heavy atom. The second kappa shape index (κ2) is 8.21. The third kappa shape index (κ3) is 31.3. The number of rotatable bonds is 4. The van der Waals surface area contributed by atoms with Gasteiger partial charge in [-0.15, -0.1) is 0 Å². The molecule has 0 N–H and O–H groups in total. The average Bonchev–Trinajstić information content (AvgIpc) is 1.98. The lowest BCUT2D eigenvalue weighted by molar-refractivity contribution is -0.870. The maximum atomic E-state index is 10.8. The predicted molar refractivity (Wildman–Crippen MR) is 64.3 cm³/mol. The van der Waals surface area contributed by atoms with Crippen LogP contribution in [0.2, 0.25) is 0 Å². The number of carbonyl (C=O) groups excluding carboxylic acids is 1. The van der Waals surface area contributed by atoms with E-state index in [-0.39, 0.29) is 5.97 Å². The summed E-state index contributed by atoms with van der Waals surface area (Å²) in [5, 5.41) is 0. The summed E-state index contributed by atoms with van der Waals surface area (Å²) >= 11 is 0. The van der Waals surface area contributed by atoms with E-state index < -0.39 is 10.1 Å². The molecule has 102 valence electrons. The first kappa shape index (κ1) is 18.4. The van der Waals surface area contributed by atoms with Crippen LogP contribution in [0.1, 0.15) is 6.92 Å². The molecule has 0 rings (SSSR count). The van der Waals surface area contributed by atoms with E-state index in [1.54, 1.807) is 13.0 Å². The van der Waals surface area contributed by atoms with Crippen LogP contribution in [-0.2, 0) is 19.6 Å². The molecule has 0 spiro atoms. The Hall–Kier alpha value is -0.920. The van der Waals surface area contributed by atoms with Crippen molar-refractivity contribution in [3.05, 3.63) is 12.2 Å². The Bertz CT molecular complexity index is 332. The second-order valence-corrected chi connectivity index (χ2v) is 5.79. The summed E-state index contributed by atoms with van der Waals surface area (Å²) in [6.07, 6.45) is 3.71. The van der Waals surface area contributed by atoms with Crippen molar-refractivity contribution in [2.45, 2.75) is 6.92 Å². The number of carbonyl (C=O) groups is 1. The van der Waals surface area contributed by atoms with E-state index in [1.807, 2.05) is 0 Å². The van der Waals surface area contributed by atoms with E-state index in [4.69, 9.17) is 17.7 Å². The first-order valence-corrected chi connectivity index (χ1v) is 6.78. The van der Waals surface area contributed by atoms with Crippen molar-refractivity contribution in [1.29, 1.82) is 0 Å². The molecule has 0 aromatic carbocycles. The lowest BCUT2D eigenvalue weighted by Gasteiger charge is -2.23. The highest BCUT2D eigenvalue weighted by molar-refractivity contribution is 7.84. The summed E-state index contributed by atoms with van der Waals surface area (Å²) < 4.78 is 33.0. The van der Waals surface area contributed by atoms with Crippen LogP contribution in [0.15, 0.2) is 12.2 Å². The Morgan fingerprint density at radius 1 is 1.35 bits per heavy atom. The van der Waals surface area contributed by atoms with Crippen molar-refractivity contribution in [1.82, 2.24) is 0 Å². The number of esters is 1. The van der Waals surface area contributed by atoms with Gasteiger partial charge in [0.05, 0.1) is 31.3 Å². The van der Waals surface area contributed by atoms with Gasteiger partial charge in [-0.25, -0.2) is 13.2 Å². The molecule has 0 aromatic rings. The number of hydrogen-bond donors (Lipinski definition) is 0. The van der Waals surface area contributed by atoms with Crippen LogP contribution in [0.3, 0.4) is 0 Å². The van der Waals surface area contributed by atoms with Crippen LogP contribution >= 0.6 is 0 Å². The van der Waals surface area contributed by atoms with Gasteiger partial charge in [-0.2, -0.15) is 0 Å². The number of quaternary nitrogens is 1. The monoisotopic (exact) mass is 267 g/mol. The molecule has 0 bridgehead atoms. The highest BCUT2D eigenvalue weighted by Crippen LogP contribution is 1.90. The molecule has 7 heteroatoms. The third-order valence-electron chi connectivity index (χ3n) is 1.31. The molecular formula is C10H21NO5S. The zero-order chi connectivity index (χ0) is 14.1. The first-order valence-electron chi connectivity index (χ1n) is 4.96. The highest BCUT2D eigenvalue weighted by Gasteiger charge is 2.07. The maximum Gasteiger partial charge on any atom is 0.330 e. The fourth-order valence-corrected chi connectivity index (χ4v) is 0.604. The first-order chi connectivity index (χ1) is 7.45. The summed E-state index contributed by atoms with van der Waals surface area (Å²) in [4.78, 5) is 10.8. The smallest absolute Gasteiger partial charge is 0.330 e. The fourth-order valence-electron chi connectivity index (χ4n) is 0.604. The van der Waals surface area contributed by atoms with Gasteiger partial charge in [-0.05, 0) is 6.92 Å². The standard InChI is InChI=1S/C9H18NO2.CH4O3S/c1-5-6-9(11)12-8-7-10(2,3)4;1-5(2,3)4/h5-6H,7-8H2,1-4H3;1H3,(H,2,3,4)/q+1;/p-1. The maximum absolute atomic E-state index is 10.8. The molecule has 0 aliphatic rings. The summed E-state index contributed by atoms with van der Waals surface area (Å²) in [5.74, 6) is -0.258. The number of likely N-dealkylation sites (N-methyl/N-ethyl adjacent to an activating group) is 1. The van der Waals surface area contributed by atoms with Gasteiger partial charge in [0, 0.05) is 12.3 Å². The summed E-state index contributed by atoms with van der Waals surface area (Å²) in [5.41, 5.74) is 0. The Balaban J connectivity index is 0. The zero-order valence-corrected chi connectivity index (χ0v) is 11.8. The highest BCUT2D eigenvalue weighted by atomic mass is 32.2. The molecule has 0 saturated heterocycles. The van der Waals surface area contributed by atoms with Gasteiger partial charge in [-0.3, -0.25) is 0 Å². The molecule has 0 radical (unpaired) electrons. The SMILES string of the molecule is CC=CC(=O)OCC[N+](C)(C)C.CS(=O)(=O)[O-]. The number of ether oxygens (including phenoxy) is 1. The fraction of sp³-hybridized carbons (Fsp3) is 0.700. The molecule has 17 heavy (non-hydrogen) atoms. The van der Waals surface area contributed by atoms with E-state index in [2.05, 4.69) is 21.1 Å². The predicted octanol–water partition coefficient (Wildman–Crippen LogP) is -0.0267. The molecule has 0 fully saturated rings. The minimum atomic E-state index is -3.92. The van der Waals surface area contributed by atoms with Crippen molar-refractivity contribution >= 4 is 16.1 Å². The average molecular weight is 267 g/mol. The molecule has 6 nitrogen and oxygen atoms in total. The molecule has 0 saturated carbocycles. The van der Waals surface area contributed by atoms with Crippen molar-refractivity contribution in [3.8, 4) is 0 Å². The van der Waals surface area contributed by atoms with E-state index >= 15 is 0 Å². The van der Waals surface area contributed by atoms with Crippen LogP contribution in [0.25, 0.3) is 0 Å². The zero-order valence-electron chi connectivity index (χ0n) is 11.0. The molecule has 0 atom stereocenters. The number of allylic oxidation sites excluding steroid dienone is 1. The largest absolute Gasteiger partial charge is 0.748 e.